The predicted molar refractivity (Wildman–Crippen MR) is 72.8 cm³/mol. The van der Waals surface area contributed by atoms with Gasteiger partial charge in [0.1, 0.15) is 0 Å². The Morgan fingerprint density at radius 1 is 1.61 bits per heavy atom. The number of nitrogens with zero attached hydrogens (tertiary/aromatic N) is 3. The highest BCUT2D eigenvalue weighted by Crippen LogP contribution is 2.25. The first-order chi connectivity index (χ1) is 8.88. The van der Waals surface area contributed by atoms with Crippen molar-refractivity contribution < 1.29 is 4.74 Å². The van der Waals surface area contributed by atoms with Gasteiger partial charge >= 0.3 is 0 Å². The molecule has 1 unspecified atom stereocenters. The fourth-order valence-electron chi connectivity index (χ4n) is 1.57. The number of ether oxygens (including phenoxy) is 1. The Morgan fingerprint density at radius 3 is 3.33 bits per heavy atom. The quantitative estimate of drug-likeness (QED) is 0.637. The lowest BCUT2D eigenvalue weighted by Gasteiger charge is -2.08. The minimum atomic E-state index is 0.309. The van der Waals surface area contributed by atoms with Gasteiger partial charge in [-0.2, -0.15) is 5.26 Å². The Balaban J connectivity index is 1.72. The SMILES string of the molecule is N#C/C=C/CSc1nnc(NCC2CCCO2)s1. The Hall–Kier alpha value is -1.10. The maximum atomic E-state index is 8.35. The molecule has 2 heterocycles. The van der Waals surface area contributed by atoms with Crippen LogP contribution < -0.4 is 5.32 Å². The molecule has 1 aromatic heterocycles. The first-order valence-corrected chi connectivity index (χ1v) is 7.55. The number of anilines is 1. The van der Waals surface area contributed by atoms with Crippen LogP contribution in [0.3, 0.4) is 0 Å². The largest absolute Gasteiger partial charge is 0.376 e. The fraction of sp³-hybridized carbons (Fsp3) is 0.545. The Bertz CT molecular complexity index is 434. The second-order valence-corrected chi connectivity index (χ2v) is 5.98. The van der Waals surface area contributed by atoms with Crippen molar-refractivity contribution in [3.63, 3.8) is 0 Å². The fourth-order valence-corrected chi connectivity index (χ4v) is 3.16. The summed E-state index contributed by atoms with van der Waals surface area (Å²) in [6, 6.07) is 1.96. The molecule has 7 heteroatoms. The van der Waals surface area contributed by atoms with Gasteiger partial charge in [0.25, 0.3) is 0 Å². The molecule has 96 valence electrons. The summed E-state index contributed by atoms with van der Waals surface area (Å²) in [7, 11) is 0. The average molecular weight is 282 g/mol. The molecule has 2 rings (SSSR count). The van der Waals surface area contributed by atoms with Gasteiger partial charge in [-0.15, -0.1) is 10.2 Å². The molecule has 1 saturated heterocycles. The molecule has 1 atom stereocenters. The summed E-state index contributed by atoms with van der Waals surface area (Å²) in [6.07, 6.45) is 5.86. The van der Waals surface area contributed by atoms with Crippen molar-refractivity contribution in [2.45, 2.75) is 23.3 Å². The molecule has 1 N–H and O–H groups in total. The maximum absolute atomic E-state index is 8.35. The van der Waals surface area contributed by atoms with Crippen molar-refractivity contribution in [3.8, 4) is 6.07 Å². The Labute approximate surface area is 114 Å². The maximum Gasteiger partial charge on any atom is 0.206 e. The first kappa shape index (κ1) is 13.3. The van der Waals surface area contributed by atoms with Crippen molar-refractivity contribution in [1.29, 1.82) is 5.26 Å². The molecule has 0 radical (unpaired) electrons. The number of thioether (sulfide) groups is 1. The number of aromatic nitrogens is 2. The van der Waals surface area contributed by atoms with Crippen molar-refractivity contribution in [2.75, 3.05) is 24.2 Å². The van der Waals surface area contributed by atoms with Gasteiger partial charge in [-0.3, -0.25) is 0 Å². The van der Waals surface area contributed by atoms with E-state index in [1.54, 1.807) is 11.8 Å². The lowest BCUT2D eigenvalue weighted by molar-refractivity contribution is 0.120. The van der Waals surface area contributed by atoms with Crippen LogP contribution in [0.15, 0.2) is 16.5 Å². The zero-order valence-corrected chi connectivity index (χ0v) is 11.5. The molecule has 1 fully saturated rings. The highest BCUT2D eigenvalue weighted by atomic mass is 32.2. The van der Waals surface area contributed by atoms with Gasteiger partial charge in [-0.05, 0) is 12.8 Å². The standard InChI is InChI=1S/C11H14N4OS2/c12-5-1-2-7-17-11-15-14-10(18-11)13-8-9-4-3-6-16-9/h1-2,9H,3-4,6-8H2,(H,13,14)/b2-1+. The van der Waals surface area contributed by atoms with Crippen LogP contribution in [0.25, 0.3) is 0 Å². The third-order valence-corrected chi connectivity index (χ3v) is 4.37. The summed E-state index contributed by atoms with van der Waals surface area (Å²) in [5, 5.41) is 20.6. The van der Waals surface area contributed by atoms with E-state index in [-0.39, 0.29) is 0 Å². The van der Waals surface area contributed by atoms with Crippen molar-refractivity contribution in [2.24, 2.45) is 0 Å². The van der Waals surface area contributed by atoms with E-state index >= 15 is 0 Å². The van der Waals surface area contributed by atoms with Gasteiger partial charge in [0, 0.05) is 25.0 Å². The van der Waals surface area contributed by atoms with Crippen LogP contribution in [0.4, 0.5) is 5.13 Å². The second kappa shape index (κ2) is 7.36. The van der Waals surface area contributed by atoms with Gasteiger partial charge in [-0.25, -0.2) is 0 Å². The molecule has 0 saturated carbocycles. The normalized spacial score (nSPS) is 19.2. The minimum absolute atomic E-state index is 0.309. The van der Waals surface area contributed by atoms with Crippen LogP contribution in [-0.4, -0.2) is 35.2 Å². The van der Waals surface area contributed by atoms with Crippen molar-refractivity contribution in [3.05, 3.63) is 12.2 Å². The third kappa shape index (κ3) is 4.29. The lowest BCUT2D eigenvalue weighted by atomic mass is 10.2. The molecule has 0 bridgehead atoms. The van der Waals surface area contributed by atoms with Crippen LogP contribution in [-0.2, 0) is 4.74 Å². The van der Waals surface area contributed by atoms with E-state index in [0.717, 1.165) is 41.2 Å². The predicted octanol–water partition coefficient (Wildman–Crippen LogP) is 2.30. The van der Waals surface area contributed by atoms with Crippen molar-refractivity contribution >= 4 is 28.2 Å². The molecule has 5 nitrogen and oxygen atoms in total. The van der Waals surface area contributed by atoms with Crippen LogP contribution in [0, 0.1) is 11.3 Å². The summed E-state index contributed by atoms with van der Waals surface area (Å²) < 4.78 is 6.43. The second-order valence-electron chi connectivity index (χ2n) is 3.73. The number of rotatable bonds is 6. The van der Waals surface area contributed by atoms with Crippen LogP contribution in [0.1, 0.15) is 12.8 Å². The van der Waals surface area contributed by atoms with Gasteiger partial charge in [0.2, 0.25) is 5.13 Å². The number of nitrogens with one attached hydrogen (secondary N) is 1. The zero-order valence-electron chi connectivity index (χ0n) is 9.83. The van der Waals surface area contributed by atoms with Crippen LogP contribution in [0.2, 0.25) is 0 Å². The smallest absolute Gasteiger partial charge is 0.206 e. The number of allylic oxidation sites excluding steroid dienone is 1. The zero-order chi connectivity index (χ0) is 12.6. The summed E-state index contributed by atoms with van der Waals surface area (Å²) in [6.45, 7) is 1.67. The van der Waals surface area contributed by atoms with E-state index in [2.05, 4.69) is 15.5 Å². The Morgan fingerprint density at radius 2 is 2.56 bits per heavy atom. The molecule has 1 aliphatic rings. The van der Waals surface area contributed by atoms with E-state index in [0.29, 0.717) is 6.10 Å². The molecule has 0 aromatic carbocycles. The molecule has 1 aliphatic heterocycles. The van der Waals surface area contributed by atoms with Gasteiger partial charge in [0.15, 0.2) is 4.34 Å². The molecule has 1 aromatic rings. The summed E-state index contributed by atoms with van der Waals surface area (Å²) in [5.41, 5.74) is 0. The molecule has 18 heavy (non-hydrogen) atoms. The topological polar surface area (TPSA) is 70.8 Å². The van der Waals surface area contributed by atoms with E-state index < -0.39 is 0 Å². The van der Waals surface area contributed by atoms with Gasteiger partial charge in [-0.1, -0.05) is 29.2 Å². The first-order valence-electron chi connectivity index (χ1n) is 5.75. The van der Waals surface area contributed by atoms with Gasteiger partial charge < -0.3 is 10.1 Å². The van der Waals surface area contributed by atoms with E-state index in [1.807, 2.05) is 12.1 Å². The summed E-state index contributed by atoms with van der Waals surface area (Å²) in [5.74, 6) is 0.744. The van der Waals surface area contributed by atoms with Crippen LogP contribution >= 0.6 is 23.1 Å². The molecule has 0 aliphatic carbocycles. The molecular formula is C11H14N4OS2. The lowest BCUT2D eigenvalue weighted by Crippen LogP contribution is -2.18. The molecule has 0 amide bonds. The third-order valence-electron chi connectivity index (χ3n) is 2.41. The van der Waals surface area contributed by atoms with E-state index in [4.69, 9.17) is 10.00 Å². The molecule has 0 spiro atoms. The van der Waals surface area contributed by atoms with E-state index in [9.17, 15) is 0 Å². The van der Waals surface area contributed by atoms with Crippen molar-refractivity contribution in [1.82, 2.24) is 10.2 Å². The monoisotopic (exact) mass is 282 g/mol. The van der Waals surface area contributed by atoms with Crippen LogP contribution in [0.5, 0.6) is 0 Å². The number of hydrogen-bond donors (Lipinski definition) is 1. The molecular weight excluding hydrogens is 268 g/mol. The number of hydrogen-bond acceptors (Lipinski definition) is 7. The summed E-state index contributed by atoms with van der Waals surface area (Å²) in [4.78, 5) is 0. The highest BCUT2D eigenvalue weighted by Gasteiger charge is 2.15. The average Bonchev–Trinajstić information content (AvgIpc) is 3.03. The number of nitriles is 1. The highest BCUT2D eigenvalue weighted by molar-refractivity contribution is 8.01. The minimum Gasteiger partial charge on any atom is -0.376 e. The summed E-state index contributed by atoms with van der Waals surface area (Å²) >= 11 is 3.11. The van der Waals surface area contributed by atoms with Gasteiger partial charge in [0.05, 0.1) is 12.2 Å². The van der Waals surface area contributed by atoms with E-state index in [1.165, 1.54) is 17.4 Å². The Kier molecular flexibility index (Phi) is 5.45.